The van der Waals surface area contributed by atoms with E-state index < -0.39 is 21.8 Å². The molecule has 3 rings (SSSR count). The Balaban J connectivity index is 1.76. The molecule has 1 aromatic carbocycles. The van der Waals surface area contributed by atoms with E-state index in [1.54, 1.807) is 4.90 Å². The molecule has 0 saturated carbocycles. The molecule has 1 fully saturated rings. The Labute approximate surface area is 173 Å². The third-order valence-electron chi connectivity index (χ3n) is 4.85. The van der Waals surface area contributed by atoms with E-state index in [4.69, 9.17) is 9.47 Å². The lowest BCUT2D eigenvalue weighted by Crippen LogP contribution is -2.35. The normalized spacial score (nSPS) is 16.2. The van der Waals surface area contributed by atoms with Gasteiger partial charge in [-0.25, -0.2) is 13.4 Å². The first kappa shape index (κ1) is 22.2. The Morgan fingerprint density at radius 2 is 1.70 bits per heavy atom. The van der Waals surface area contributed by atoms with Crippen LogP contribution in [-0.4, -0.2) is 58.1 Å². The molecule has 1 aliphatic rings. The molecule has 0 unspecified atom stereocenters. The minimum Gasteiger partial charge on any atom is -0.493 e. The summed E-state index contributed by atoms with van der Waals surface area (Å²) in [6, 6.07) is 6.68. The summed E-state index contributed by atoms with van der Waals surface area (Å²) in [5.41, 5.74) is -0.821. The largest absolute Gasteiger partial charge is 0.493 e. The lowest BCUT2D eigenvalue weighted by molar-refractivity contribution is -0.137. The topological polar surface area (TPSA) is 72.0 Å². The molecule has 7 nitrogen and oxygen atoms in total. The molecule has 1 aromatic heterocycles. The summed E-state index contributed by atoms with van der Waals surface area (Å²) in [4.78, 5) is 5.77. The number of pyridine rings is 1. The molecule has 0 N–H and O–H groups in total. The number of benzene rings is 1. The minimum atomic E-state index is -4.45. The molecule has 0 aliphatic carbocycles. The van der Waals surface area contributed by atoms with Crippen LogP contribution in [0.5, 0.6) is 11.5 Å². The number of anilines is 1. The molecular formula is C19H22F3N3O4S. The van der Waals surface area contributed by atoms with E-state index >= 15 is 0 Å². The van der Waals surface area contributed by atoms with Gasteiger partial charge < -0.3 is 14.4 Å². The van der Waals surface area contributed by atoms with Crippen LogP contribution in [0.4, 0.5) is 19.0 Å². The minimum absolute atomic E-state index is 0.0845. The van der Waals surface area contributed by atoms with Crippen molar-refractivity contribution < 1.29 is 31.1 Å². The van der Waals surface area contributed by atoms with Crippen LogP contribution in [0.3, 0.4) is 0 Å². The van der Waals surface area contributed by atoms with Crippen molar-refractivity contribution in [3.63, 3.8) is 0 Å². The maximum atomic E-state index is 13.1. The molecule has 30 heavy (non-hydrogen) atoms. The highest BCUT2D eigenvalue weighted by atomic mass is 32.2. The highest BCUT2D eigenvalue weighted by Crippen LogP contribution is 2.32. The second-order valence-electron chi connectivity index (χ2n) is 6.66. The van der Waals surface area contributed by atoms with Crippen molar-refractivity contribution in [2.24, 2.45) is 0 Å². The van der Waals surface area contributed by atoms with Crippen LogP contribution >= 0.6 is 0 Å². The van der Waals surface area contributed by atoms with Gasteiger partial charge >= 0.3 is 6.18 Å². The summed E-state index contributed by atoms with van der Waals surface area (Å²) in [7, 11) is -0.884. The molecule has 1 aliphatic heterocycles. The van der Waals surface area contributed by atoms with Crippen LogP contribution in [0.15, 0.2) is 41.4 Å². The second kappa shape index (κ2) is 8.68. The van der Waals surface area contributed by atoms with Crippen LogP contribution in [0.1, 0.15) is 12.0 Å². The Morgan fingerprint density at radius 1 is 0.967 bits per heavy atom. The number of methoxy groups -OCH3 is 2. The summed E-state index contributed by atoms with van der Waals surface area (Å²) >= 11 is 0. The van der Waals surface area contributed by atoms with Crippen molar-refractivity contribution in [1.82, 2.24) is 9.29 Å². The zero-order valence-corrected chi connectivity index (χ0v) is 17.3. The van der Waals surface area contributed by atoms with Gasteiger partial charge in [0.2, 0.25) is 10.0 Å². The summed E-state index contributed by atoms with van der Waals surface area (Å²) in [6.45, 7) is 1.26. The average Bonchev–Trinajstić information content (AvgIpc) is 2.99. The van der Waals surface area contributed by atoms with Gasteiger partial charge in [-0.15, -0.1) is 0 Å². The van der Waals surface area contributed by atoms with Gasteiger partial charge in [0, 0.05) is 38.4 Å². The first-order valence-electron chi connectivity index (χ1n) is 9.17. The number of ether oxygens (including phenoxy) is 2. The van der Waals surface area contributed by atoms with Crippen molar-refractivity contribution in [1.29, 1.82) is 0 Å². The monoisotopic (exact) mass is 445 g/mol. The highest BCUT2D eigenvalue weighted by Gasteiger charge is 2.31. The lowest BCUT2D eigenvalue weighted by Gasteiger charge is -2.23. The predicted molar refractivity (Wildman–Crippen MR) is 104 cm³/mol. The first-order valence-corrected chi connectivity index (χ1v) is 10.6. The Kier molecular flexibility index (Phi) is 6.41. The van der Waals surface area contributed by atoms with E-state index in [0.29, 0.717) is 36.8 Å². The van der Waals surface area contributed by atoms with Crippen molar-refractivity contribution in [2.45, 2.75) is 17.5 Å². The highest BCUT2D eigenvalue weighted by molar-refractivity contribution is 7.89. The van der Waals surface area contributed by atoms with Crippen LogP contribution in [-0.2, 0) is 16.2 Å². The smallest absolute Gasteiger partial charge is 0.417 e. The van der Waals surface area contributed by atoms with Crippen LogP contribution in [0.2, 0.25) is 0 Å². The quantitative estimate of drug-likeness (QED) is 0.705. The Morgan fingerprint density at radius 3 is 2.30 bits per heavy atom. The first-order chi connectivity index (χ1) is 14.2. The summed E-state index contributed by atoms with van der Waals surface area (Å²) in [6.07, 6.45) is -3.15. The van der Waals surface area contributed by atoms with Crippen LogP contribution < -0.4 is 14.4 Å². The van der Waals surface area contributed by atoms with Gasteiger partial charge in [-0.3, -0.25) is 0 Å². The molecule has 164 valence electrons. The number of rotatable bonds is 5. The fraction of sp³-hybridized carbons (Fsp3) is 0.421. The van der Waals surface area contributed by atoms with Gasteiger partial charge in [-0.2, -0.15) is 17.5 Å². The molecule has 0 radical (unpaired) electrons. The van der Waals surface area contributed by atoms with Gasteiger partial charge in [0.25, 0.3) is 0 Å². The Bertz CT molecular complexity index is 982. The SMILES string of the molecule is COc1ccc(S(=O)(=O)N2CCCN(c3ccc(C(F)(F)F)cn3)CC2)cc1OC. The van der Waals surface area contributed by atoms with Crippen molar-refractivity contribution in [2.75, 3.05) is 45.3 Å². The fourth-order valence-corrected chi connectivity index (χ4v) is 4.72. The van der Waals surface area contributed by atoms with Crippen molar-refractivity contribution in [3.05, 3.63) is 42.1 Å². The standard InChI is InChI=1S/C19H22F3N3O4S/c1-28-16-6-5-15(12-17(16)29-2)30(26,27)25-9-3-8-24(10-11-25)18-7-4-14(13-23-18)19(20,21)22/h4-7,12-13H,3,8-11H2,1-2H3. The van der Waals surface area contributed by atoms with E-state index in [1.165, 1.54) is 42.8 Å². The number of sulfonamides is 1. The third kappa shape index (κ3) is 4.62. The van der Waals surface area contributed by atoms with E-state index in [0.717, 1.165) is 12.3 Å². The van der Waals surface area contributed by atoms with E-state index in [9.17, 15) is 21.6 Å². The molecule has 11 heteroatoms. The average molecular weight is 445 g/mol. The van der Waals surface area contributed by atoms with E-state index in [-0.39, 0.29) is 18.0 Å². The van der Waals surface area contributed by atoms with Crippen molar-refractivity contribution in [3.8, 4) is 11.5 Å². The number of nitrogens with zero attached hydrogens (tertiary/aromatic N) is 3. The maximum absolute atomic E-state index is 13.1. The van der Waals surface area contributed by atoms with Crippen LogP contribution in [0, 0.1) is 0 Å². The number of hydrogen-bond acceptors (Lipinski definition) is 6. The summed E-state index contributed by atoms with van der Waals surface area (Å²) in [5, 5.41) is 0. The van der Waals surface area contributed by atoms with E-state index in [2.05, 4.69) is 4.98 Å². The Hall–Kier alpha value is -2.53. The molecule has 0 spiro atoms. The summed E-state index contributed by atoms with van der Waals surface area (Å²) < 4.78 is 76.0. The van der Waals surface area contributed by atoms with Gasteiger partial charge in [0.1, 0.15) is 5.82 Å². The molecule has 0 atom stereocenters. The second-order valence-corrected chi connectivity index (χ2v) is 8.60. The molecular weight excluding hydrogens is 423 g/mol. The van der Waals surface area contributed by atoms with Gasteiger partial charge in [0.05, 0.1) is 24.7 Å². The number of aromatic nitrogens is 1. The maximum Gasteiger partial charge on any atom is 0.417 e. The van der Waals surface area contributed by atoms with Gasteiger partial charge in [0.15, 0.2) is 11.5 Å². The number of hydrogen-bond donors (Lipinski definition) is 0. The molecule has 1 saturated heterocycles. The number of alkyl halides is 3. The van der Waals surface area contributed by atoms with Crippen molar-refractivity contribution >= 4 is 15.8 Å². The zero-order chi connectivity index (χ0) is 21.9. The zero-order valence-electron chi connectivity index (χ0n) is 16.5. The summed E-state index contributed by atoms with van der Waals surface area (Å²) in [5.74, 6) is 1.12. The molecule has 2 heterocycles. The molecule has 2 aromatic rings. The molecule has 0 bridgehead atoms. The predicted octanol–water partition coefficient (Wildman–Crippen LogP) is 3.02. The number of halogens is 3. The fourth-order valence-electron chi connectivity index (χ4n) is 3.23. The third-order valence-corrected chi connectivity index (χ3v) is 6.74. The van der Waals surface area contributed by atoms with Gasteiger partial charge in [-0.1, -0.05) is 0 Å². The van der Waals surface area contributed by atoms with E-state index in [1.807, 2.05) is 0 Å². The molecule has 0 amide bonds. The van der Waals surface area contributed by atoms with Gasteiger partial charge in [-0.05, 0) is 30.7 Å². The van der Waals surface area contributed by atoms with Crippen LogP contribution in [0.25, 0.3) is 0 Å². The lowest BCUT2D eigenvalue weighted by atomic mass is 10.2.